The molecule has 0 fully saturated rings. The van der Waals surface area contributed by atoms with E-state index in [2.05, 4.69) is 50.4 Å². The maximum Gasteiger partial charge on any atom is 0.0609 e. The highest BCUT2D eigenvalue weighted by atomic mass is 15.3. The minimum absolute atomic E-state index is 0.221. The molecule has 0 spiro atoms. The zero-order valence-corrected chi connectivity index (χ0v) is 11.7. The van der Waals surface area contributed by atoms with Crippen molar-refractivity contribution in [1.82, 2.24) is 0 Å². The Balaban J connectivity index is 2.12. The first kappa shape index (κ1) is 12.9. The minimum atomic E-state index is 0.221. The van der Waals surface area contributed by atoms with Crippen LogP contribution in [0.5, 0.6) is 0 Å². The van der Waals surface area contributed by atoms with Crippen molar-refractivity contribution >= 4 is 11.4 Å². The van der Waals surface area contributed by atoms with Gasteiger partial charge in [-0.15, -0.1) is 0 Å². The lowest BCUT2D eigenvalue weighted by Crippen LogP contribution is -2.36. The summed E-state index contributed by atoms with van der Waals surface area (Å²) >= 11 is 0. The molecule has 0 aliphatic heterocycles. The van der Waals surface area contributed by atoms with Crippen molar-refractivity contribution in [2.75, 3.05) is 5.43 Å². The maximum absolute atomic E-state index is 4.49. The monoisotopic (exact) mass is 242 g/mol. The highest BCUT2D eigenvalue weighted by Gasteiger charge is 2.38. The van der Waals surface area contributed by atoms with E-state index < -0.39 is 0 Å². The normalized spacial score (nSPS) is 23.0. The average molecular weight is 242 g/mol. The van der Waals surface area contributed by atoms with Crippen LogP contribution in [0.15, 0.2) is 47.6 Å². The quantitative estimate of drug-likeness (QED) is 0.760. The van der Waals surface area contributed by atoms with Gasteiger partial charge in [-0.1, -0.05) is 52.0 Å². The Morgan fingerprint density at radius 1 is 1.06 bits per heavy atom. The van der Waals surface area contributed by atoms with Gasteiger partial charge in [-0.2, -0.15) is 5.10 Å². The van der Waals surface area contributed by atoms with Crippen molar-refractivity contribution in [1.29, 1.82) is 0 Å². The van der Waals surface area contributed by atoms with Gasteiger partial charge in [0.05, 0.1) is 11.4 Å². The van der Waals surface area contributed by atoms with Crippen molar-refractivity contribution in [2.24, 2.45) is 15.9 Å². The van der Waals surface area contributed by atoms with E-state index in [-0.39, 0.29) is 10.8 Å². The lowest BCUT2D eigenvalue weighted by atomic mass is 9.62. The summed E-state index contributed by atoms with van der Waals surface area (Å²) in [5.74, 6) is 0. The second-order valence-corrected chi connectivity index (χ2v) is 6.20. The van der Waals surface area contributed by atoms with E-state index in [0.29, 0.717) is 0 Å². The molecule has 1 aromatic carbocycles. The third-order valence-corrected chi connectivity index (χ3v) is 4.16. The van der Waals surface area contributed by atoms with Gasteiger partial charge in [-0.25, -0.2) is 0 Å². The van der Waals surface area contributed by atoms with Gasteiger partial charge in [0.25, 0.3) is 0 Å². The summed E-state index contributed by atoms with van der Waals surface area (Å²) in [5, 5.41) is 4.49. The van der Waals surface area contributed by atoms with Crippen molar-refractivity contribution in [3.05, 3.63) is 42.5 Å². The van der Waals surface area contributed by atoms with Crippen LogP contribution < -0.4 is 5.43 Å². The van der Waals surface area contributed by atoms with E-state index in [1.54, 1.807) is 0 Å². The number of hydrogen-bond acceptors (Lipinski definition) is 2. The van der Waals surface area contributed by atoms with Crippen LogP contribution in [0, 0.1) is 10.8 Å². The van der Waals surface area contributed by atoms with E-state index in [1.807, 2.05) is 30.3 Å². The first-order valence-electron chi connectivity index (χ1n) is 6.48. The summed E-state index contributed by atoms with van der Waals surface area (Å²) in [6, 6.07) is 10.1. The predicted molar refractivity (Wildman–Crippen MR) is 78.8 cm³/mol. The standard InChI is InChI=1S/C16H22N2/c1-15(2)11-10-14(12-16(15,3)4)18-17-13-8-6-5-7-9-13/h5-11,17H,12H2,1-4H3. The minimum Gasteiger partial charge on any atom is -0.278 e. The summed E-state index contributed by atoms with van der Waals surface area (Å²) in [4.78, 5) is 0. The topological polar surface area (TPSA) is 24.4 Å². The summed E-state index contributed by atoms with van der Waals surface area (Å²) in [5.41, 5.74) is 5.72. The molecule has 0 saturated heterocycles. The first-order chi connectivity index (χ1) is 8.41. The Labute approximate surface area is 110 Å². The molecule has 0 atom stereocenters. The van der Waals surface area contributed by atoms with E-state index in [0.717, 1.165) is 17.8 Å². The van der Waals surface area contributed by atoms with Gasteiger partial charge in [-0.05, 0) is 35.5 Å². The number of nitrogens with one attached hydrogen (secondary N) is 1. The number of rotatable bonds is 2. The van der Waals surface area contributed by atoms with E-state index in [4.69, 9.17) is 0 Å². The highest BCUT2D eigenvalue weighted by molar-refractivity contribution is 5.96. The van der Waals surface area contributed by atoms with Crippen LogP contribution >= 0.6 is 0 Å². The molecule has 2 nitrogen and oxygen atoms in total. The molecule has 0 unspecified atom stereocenters. The molecule has 0 aromatic heterocycles. The molecule has 1 N–H and O–H groups in total. The van der Waals surface area contributed by atoms with Gasteiger partial charge in [0.15, 0.2) is 0 Å². The molecular formula is C16H22N2. The van der Waals surface area contributed by atoms with Gasteiger partial charge >= 0.3 is 0 Å². The van der Waals surface area contributed by atoms with Crippen molar-refractivity contribution in [3.63, 3.8) is 0 Å². The fourth-order valence-corrected chi connectivity index (χ4v) is 2.00. The second kappa shape index (κ2) is 4.60. The van der Waals surface area contributed by atoms with Gasteiger partial charge in [0.1, 0.15) is 0 Å². The number of hydrogen-bond donors (Lipinski definition) is 1. The third kappa shape index (κ3) is 2.63. The van der Waals surface area contributed by atoms with Crippen LogP contribution in [0.4, 0.5) is 5.69 Å². The summed E-state index contributed by atoms with van der Waals surface area (Å²) in [7, 11) is 0. The van der Waals surface area contributed by atoms with Crippen molar-refractivity contribution in [3.8, 4) is 0 Å². The van der Waals surface area contributed by atoms with Gasteiger partial charge in [-0.3, -0.25) is 5.43 Å². The van der Waals surface area contributed by atoms with Crippen LogP contribution in [0.3, 0.4) is 0 Å². The number of allylic oxidation sites excluding steroid dienone is 2. The molecule has 0 saturated carbocycles. The van der Waals surface area contributed by atoms with E-state index in [1.165, 1.54) is 0 Å². The van der Waals surface area contributed by atoms with E-state index >= 15 is 0 Å². The zero-order valence-electron chi connectivity index (χ0n) is 11.7. The molecule has 2 rings (SSSR count). The summed E-state index contributed by atoms with van der Waals surface area (Å²) in [6.07, 6.45) is 5.40. The fourth-order valence-electron chi connectivity index (χ4n) is 2.00. The lowest BCUT2D eigenvalue weighted by Gasteiger charge is -2.42. The number of anilines is 1. The number of nitrogens with zero attached hydrogens (tertiary/aromatic N) is 1. The van der Waals surface area contributed by atoms with Crippen LogP contribution in [0.1, 0.15) is 34.1 Å². The van der Waals surface area contributed by atoms with Gasteiger partial charge < -0.3 is 0 Å². The van der Waals surface area contributed by atoms with Crippen LogP contribution in [0.2, 0.25) is 0 Å². The Morgan fingerprint density at radius 2 is 1.72 bits per heavy atom. The lowest BCUT2D eigenvalue weighted by molar-refractivity contribution is 0.171. The van der Waals surface area contributed by atoms with Crippen LogP contribution in [-0.2, 0) is 0 Å². The molecular weight excluding hydrogens is 220 g/mol. The molecule has 1 aliphatic carbocycles. The smallest absolute Gasteiger partial charge is 0.0609 e. The molecule has 0 heterocycles. The van der Waals surface area contributed by atoms with Crippen LogP contribution in [-0.4, -0.2) is 5.71 Å². The average Bonchev–Trinajstić information content (AvgIpc) is 2.32. The fraction of sp³-hybridized carbons (Fsp3) is 0.438. The number of benzene rings is 1. The molecule has 1 aliphatic rings. The maximum atomic E-state index is 4.49. The van der Waals surface area contributed by atoms with E-state index in [9.17, 15) is 0 Å². The molecule has 18 heavy (non-hydrogen) atoms. The molecule has 0 bridgehead atoms. The number of hydrazone groups is 1. The van der Waals surface area contributed by atoms with Gasteiger partial charge in [0.2, 0.25) is 0 Å². The number of para-hydroxylation sites is 1. The van der Waals surface area contributed by atoms with Gasteiger partial charge in [0, 0.05) is 0 Å². The van der Waals surface area contributed by atoms with Crippen molar-refractivity contribution in [2.45, 2.75) is 34.1 Å². The Kier molecular flexibility index (Phi) is 3.29. The summed E-state index contributed by atoms with van der Waals surface area (Å²) < 4.78 is 0. The third-order valence-electron chi connectivity index (χ3n) is 4.16. The van der Waals surface area contributed by atoms with Crippen LogP contribution in [0.25, 0.3) is 0 Å². The Hall–Kier alpha value is -1.57. The Bertz CT molecular complexity index is 467. The van der Waals surface area contributed by atoms with Crippen molar-refractivity contribution < 1.29 is 0 Å². The molecule has 2 heteroatoms. The highest BCUT2D eigenvalue weighted by Crippen LogP contribution is 2.45. The largest absolute Gasteiger partial charge is 0.278 e. The zero-order chi connectivity index (χ0) is 13.2. The summed E-state index contributed by atoms with van der Waals surface area (Å²) in [6.45, 7) is 9.17. The Morgan fingerprint density at radius 3 is 2.33 bits per heavy atom. The first-order valence-corrected chi connectivity index (χ1v) is 6.48. The predicted octanol–water partition coefficient (Wildman–Crippen LogP) is 4.47. The molecule has 1 aromatic rings. The molecule has 0 radical (unpaired) electrons. The SMILES string of the molecule is CC1(C)C=CC(=NNc2ccccc2)CC1(C)C. The second-order valence-electron chi connectivity index (χ2n) is 6.20. The molecule has 0 amide bonds. The molecule has 96 valence electrons.